The summed E-state index contributed by atoms with van der Waals surface area (Å²) in [5.74, 6) is -1.05. The largest absolute Gasteiger partial charge is 0.459 e. The predicted octanol–water partition coefficient (Wildman–Crippen LogP) is 7.06. The van der Waals surface area contributed by atoms with Gasteiger partial charge in [-0.05, 0) is 47.4 Å². The lowest BCUT2D eigenvalue weighted by molar-refractivity contribution is -0.325. The summed E-state index contributed by atoms with van der Waals surface area (Å²) < 4.78 is 50.1. The average Bonchev–Trinajstić information content (AvgIpc) is 3.28. The lowest BCUT2D eigenvalue weighted by Crippen LogP contribution is -2.61. The number of hydrogen-bond acceptors (Lipinski definition) is 11. The molecule has 0 radical (unpaired) electrons. The molecule has 11 nitrogen and oxygen atoms in total. The van der Waals surface area contributed by atoms with Crippen molar-refractivity contribution in [3.05, 3.63) is 179 Å². The normalized spacial score (nSPS) is 24.4. The SMILES string of the molecule is O=C(OC[C@H]1O[C@H](OC[C@H]2O[C@H](O)[C@H](OCc3ccccc3)[C@@H](OCc3ccccc3)[C@@H]2OCc2ccccc2)CC[C@@H]1OC(=O)c1ccccc1)c1ccccc1. The number of benzene rings is 5. The van der Waals surface area contributed by atoms with Crippen LogP contribution in [0.25, 0.3) is 0 Å². The summed E-state index contributed by atoms with van der Waals surface area (Å²) in [4.78, 5) is 26.0. The Kier molecular flexibility index (Phi) is 14.8. The maximum Gasteiger partial charge on any atom is 0.338 e. The average molecular weight is 789 g/mol. The van der Waals surface area contributed by atoms with Gasteiger partial charge in [-0.1, -0.05) is 127 Å². The Balaban J connectivity index is 1.07. The number of esters is 2. The van der Waals surface area contributed by atoms with Gasteiger partial charge in [-0.25, -0.2) is 9.59 Å². The Morgan fingerprint density at radius 2 is 0.966 bits per heavy atom. The van der Waals surface area contributed by atoms with Crippen LogP contribution in [0, 0.1) is 0 Å². The van der Waals surface area contributed by atoms with E-state index in [0.717, 1.165) is 16.7 Å². The fourth-order valence-corrected chi connectivity index (χ4v) is 6.94. The maximum atomic E-state index is 13.1. The number of hydrogen-bond donors (Lipinski definition) is 1. The molecule has 11 heteroatoms. The molecule has 0 amide bonds. The lowest BCUT2D eigenvalue weighted by atomic mass is 9.98. The quantitative estimate of drug-likeness (QED) is 0.0973. The van der Waals surface area contributed by atoms with Crippen LogP contribution in [0.5, 0.6) is 0 Å². The molecule has 2 heterocycles. The molecule has 5 aromatic carbocycles. The third-order valence-corrected chi connectivity index (χ3v) is 10.00. The molecule has 8 atom stereocenters. The Bertz CT molecular complexity index is 1970. The highest BCUT2D eigenvalue weighted by Crippen LogP contribution is 2.32. The summed E-state index contributed by atoms with van der Waals surface area (Å²) in [7, 11) is 0. The first-order valence-electron chi connectivity index (χ1n) is 19.6. The van der Waals surface area contributed by atoms with Gasteiger partial charge in [0.1, 0.15) is 43.2 Å². The Morgan fingerprint density at radius 1 is 0.500 bits per heavy atom. The number of carbonyl (C=O) groups excluding carboxylic acids is 2. The fourth-order valence-electron chi connectivity index (χ4n) is 6.94. The Labute approximate surface area is 338 Å². The smallest absolute Gasteiger partial charge is 0.338 e. The van der Waals surface area contributed by atoms with Crippen LogP contribution in [0.2, 0.25) is 0 Å². The van der Waals surface area contributed by atoms with E-state index in [-0.39, 0.29) is 33.0 Å². The zero-order chi connectivity index (χ0) is 39.9. The molecule has 0 aromatic heterocycles. The summed E-state index contributed by atoms with van der Waals surface area (Å²) in [6.07, 6.45) is -6.24. The van der Waals surface area contributed by atoms with E-state index < -0.39 is 61.1 Å². The van der Waals surface area contributed by atoms with Gasteiger partial charge in [-0.15, -0.1) is 0 Å². The van der Waals surface area contributed by atoms with Gasteiger partial charge in [0, 0.05) is 6.42 Å². The van der Waals surface area contributed by atoms with Gasteiger partial charge in [0.25, 0.3) is 0 Å². The predicted molar refractivity (Wildman–Crippen MR) is 212 cm³/mol. The third-order valence-electron chi connectivity index (χ3n) is 10.00. The van der Waals surface area contributed by atoms with Crippen molar-refractivity contribution < 1.29 is 52.6 Å². The Hall–Kier alpha value is -5.24. The lowest BCUT2D eigenvalue weighted by Gasteiger charge is -2.45. The number of ether oxygens (including phenoxy) is 8. The summed E-state index contributed by atoms with van der Waals surface area (Å²) in [5.41, 5.74) is 3.59. The van der Waals surface area contributed by atoms with Crippen molar-refractivity contribution in [1.82, 2.24) is 0 Å². The van der Waals surface area contributed by atoms with Crippen molar-refractivity contribution in [1.29, 1.82) is 0 Å². The highest BCUT2D eigenvalue weighted by atomic mass is 16.7. The van der Waals surface area contributed by atoms with Gasteiger partial charge in [-0.3, -0.25) is 0 Å². The van der Waals surface area contributed by atoms with Gasteiger partial charge < -0.3 is 43.0 Å². The van der Waals surface area contributed by atoms with Gasteiger partial charge in [0.15, 0.2) is 12.6 Å². The maximum absolute atomic E-state index is 13.1. The molecule has 2 aliphatic heterocycles. The first-order valence-corrected chi connectivity index (χ1v) is 19.6. The standard InChI is InChI=1S/C47H48O11/c48-45(36-22-12-4-13-23-36)55-31-39-38(57-46(49)37-24-14-5-15-25-37)26-27-41(56-39)51-32-40-42(52-28-33-16-6-1-7-17-33)43(53-29-34-18-8-2-9-19-34)44(47(50)58-40)54-30-35-20-10-3-11-21-35/h1-25,38-44,47,50H,26-32H2/t38-,39+,40+,41-,42+,43-,44+,47-/m0/s1. The fraction of sp³-hybridized carbons (Fsp3) is 0.319. The van der Waals surface area contributed by atoms with E-state index >= 15 is 0 Å². The van der Waals surface area contributed by atoms with E-state index in [0.29, 0.717) is 24.0 Å². The molecule has 0 spiro atoms. The van der Waals surface area contributed by atoms with Crippen LogP contribution >= 0.6 is 0 Å². The molecule has 5 aromatic rings. The zero-order valence-corrected chi connectivity index (χ0v) is 32.0. The van der Waals surface area contributed by atoms with E-state index in [1.54, 1.807) is 48.5 Å². The second kappa shape index (κ2) is 21.0. The summed E-state index contributed by atoms with van der Waals surface area (Å²) in [5, 5.41) is 11.5. The van der Waals surface area contributed by atoms with Crippen LogP contribution in [-0.4, -0.2) is 79.5 Å². The minimum absolute atomic E-state index is 0.0528. The van der Waals surface area contributed by atoms with Gasteiger partial charge in [0.2, 0.25) is 0 Å². The second-order valence-electron chi connectivity index (χ2n) is 14.1. The van der Waals surface area contributed by atoms with E-state index in [2.05, 4.69) is 0 Å². The first kappa shape index (κ1) is 40.9. The number of aliphatic hydroxyl groups is 1. The van der Waals surface area contributed by atoms with E-state index in [4.69, 9.17) is 37.9 Å². The van der Waals surface area contributed by atoms with Gasteiger partial charge in [0.05, 0.1) is 37.6 Å². The van der Waals surface area contributed by atoms with Crippen molar-refractivity contribution in [2.75, 3.05) is 13.2 Å². The molecule has 7 rings (SSSR count). The molecule has 0 saturated carbocycles. The summed E-state index contributed by atoms with van der Waals surface area (Å²) in [6, 6.07) is 46.5. The van der Waals surface area contributed by atoms with Gasteiger partial charge >= 0.3 is 11.9 Å². The van der Waals surface area contributed by atoms with Crippen molar-refractivity contribution in [3.8, 4) is 0 Å². The molecular formula is C47H48O11. The molecule has 302 valence electrons. The monoisotopic (exact) mass is 788 g/mol. The topological polar surface area (TPSA) is 128 Å². The second-order valence-corrected chi connectivity index (χ2v) is 14.1. The van der Waals surface area contributed by atoms with Crippen LogP contribution in [0.15, 0.2) is 152 Å². The number of carbonyl (C=O) groups is 2. The molecule has 2 aliphatic rings. The van der Waals surface area contributed by atoms with Crippen LogP contribution in [-0.2, 0) is 57.7 Å². The molecule has 2 saturated heterocycles. The van der Waals surface area contributed by atoms with Crippen LogP contribution in [0.3, 0.4) is 0 Å². The van der Waals surface area contributed by atoms with Gasteiger partial charge in [-0.2, -0.15) is 0 Å². The van der Waals surface area contributed by atoms with E-state index in [1.165, 1.54) is 0 Å². The molecule has 0 unspecified atom stereocenters. The van der Waals surface area contributed by atoms with E-state index in [9.17, 15) is 14.7 Å². The van der Waals surface area contributed by atoms with Crippen LogP contribution in [0.1, 0.15) is 50.2 Å². The molecule has 1 N–H and O–H groups in total. The van der Waals surface area contributed by atoms with Crippen molar-refractivity contribution in [2.24, 2.45) is 0 Å². The highest BCUT2D eigenvalue weighted by molar-refractivity contribution is 5.90. The summed E-state index contributed by atoms with van der Waals surface area (Å²) in [6.45, 7) is 0.452. The van der Waals surface area contributed by atoms with Crippen molar-refractivity contribution in [2.45, 2.75) is 81.9 Å². The first-order chi connectivity index (χ1) is 28.5. The highest BCUT2D eigenvalue weighted by Gasteiger charge is 2.48. The zero-order valence-electron chi connectivity index (χ0n) is 32.0. The third kappa shape index (κ3) is 11.5. The molecular weight excluding hydrogens is 741 g/mol. The van der Waals surface area contributed by atoms with Crippen molar-refractivity contribution >= 4 is 11.9 Å². The summed E-state index contributed by atoms with van der Waals surface area (Å²) >= 11 is 0. The van der Waals surface area contributed by atoms with Crippen molar-refractivity contribution in [3.63, 3.8) is 0 Å². The minimum atomic E-state index is -1.38. The molecule has 0 aliphatic carbocycles. The van der Waals surface area contributed by atoms with Crippen LogP contribution in [0.4, 0.5) is 0 Å². The Morgan fingerprint density at radius 3 is 1.50 bits per heavy atom. The molecule has 58 heavy (non-hydrogen) atoms. The number of rotatable bonds is 17. The number of aliphatic hydroxyl groups excluding tert-OH is 1. The molecule has 0 bridgehead atoms. The molecule has 2 fully saturated rings. The van der Waals surface area contributed by atoms with E-state index in [1.807, 2.05) is 103 Å². The van der Waals surface area contributed by atoms with Crippen LogP contribution < -0.4 is 0 Å². The minimum Gasteiger partial charge on any atom is -0.459 e.